The molecule has 24 heavy (non-hydrogen) atoms. The highest BCUT2D eigenvalue weighted by Gasteiger charge is 2.10. The van der Waals surface area contributed by atoms with Crippen LogP contribution in [0.15, 0.2) is 71.4 Å². The maximum absolute atomic E-state index is 11.5. The molecule has 4 rings (SSSR count). The molecule has 0 aliphatic heterocycles. The summed E-state index contributed by atoms with van der Waals surface area (Å²) in [4.78, 5) is 11.5. The molecule has 2 aromatic carbocycles. The Morgan fingerprint density at radius 3 is 2.67 bits per heavy atom. The van der Waals surface area contributed by atoms with Crippen LogP contribution < -0.4 is 0 Å². The van der Waals surface area contributed by atoms with Crippen molar-refractivity contribution in [1.29, 1.82) is 0 Å². The van der Waals surface area contributed by atoms with Gasteiger partial charge in [-0.15, -0.1) is 0 Å². The monoisotopic (exact) mass is 318 g/mol. The molecule has 0 amide bonds. The third-order valence-electron chi connectivity index (χ3n) is 3.85. The van der Waals surface area contributed by atoms with Gasteiger partial charge in [0.2, 0.25) is 0 Å². The molecule has 0 unspecified atom stereocenters. The second kappa shape index (κ2) is 5.70. The van der Waals surface area contributed by atoms with Crippen molar-refractivity contribution in [3.05, 3.63) is 72.6 Å². The van der Waals surface area contributed by atoms with Crippen molar-refractivity contribution in [2.24, 2.45) is 0 Å². The van der Waals surface area contributed by atoms with Crippen molar-refractivity contribution < 1.29 is 13.9 Å². The highest BCUT2D eigenvalue weighted by Crippen LogP contribution is 2.27. The lowest BCUT2D eigenvalue weighted by Crippen LogP contribution is -2.01. The van der Waals surface area contributed by atoms with Gasteiger partial charge in [0.25, 0.3) is 0 Å². The van der Waals surface area contributed by atoms with E-state index in [0.29, 0.717) is 5.56 Å². The number of esters is 1. The fraction of sp³-hybridized carbons (Fsp3) is 0.0526. The van der Waals surface area contributed by atoms with E-state index in [-0.39, 0.29) is 5.97 Å². The van der Waals surface area contributed by atoms with Crippen LogP contribution in [0, 0.1) is 0 Å². The summed E-state index contributed by atoms with van der Waals surface area (Å²) in [6, 6.07) is 16.9. The van der Waals surface area contributed by atoms with Crippen molar-refractivity contribution in [2.75, 3.05) is 7.11 Å². The number of carbonyl (C=O) groups is 1. The summed E-state index contributed by atoms with van der Waals surface area (Å²) in [5.41, 5.74) is 3.10. The molecule has 0 aliphatic rings. The third-order valence-corrected chi connectivity index (χ3v) is 3.85. The average Bonchev–Trinajstić information content (AvgIpc) is 3.27. The number of nitrogens with zero attached hydrogens (tertiary/aromatic N) is 2. The van der Waals surface area contributed by atoms with Gasteiger partial charge in [-0.3, -0.25) is 0 Å². The number of carbonyl (C=O) groups excluding carboxylic acids is 1. The minimum atomic E-state index is -0.357. The molecular weight excluding hydrogens is 304 g/mol. The Morgan fingerprint density at radius 2 is 1.92 bits per heavy atom. The maximum Gasteiger partial charge on any atom is 0.337 e. The van der Waals surface area contributed by atoms with E-state index in [1.54, 1.807) is 23.0 Å². The van der Waals surface area contributed by atoms with E-state index in [4.69, 9.17) is 9.15 Å². The fourth-order valence-electron chi connectivity index (χ4n) is 2.58. The minimum Gasteiger partial charge on any atom is -0.465 e. The van der Waals surface area contributed by atoms with Gasteiger partial charge in [0, 0.05) is 11.6 Å². The standard InChI is InChI=1S/C19H14N2O3/c1-23-19(22)13-6-8-16(9-7-13)21-12-15(11-20-21)18-10-14-4-2-3-5-17(14)24-18/h2-12H,1H3. The predicted octanol–water partition coefficient (Wildman–Crippen LogP) is 4.07. The third kappa shape index (κ3) is 2.46. The molecule has 118 valence electrons. The normalized spacial score (nSPS) is 10.9. The SMILES string of the molecule is COC(=O)c1ccc(-n2cc(-c3cc4ccccc4o3)cn2)cc1. The zero-order valence-corrected chi connectivity index (χ0v) is 13.0. The Labute approximate surface area is 138 Å². The number of hydrogen-bond acceptors (Lipinski definition) is 4. The lowest BCUT2D eigenvalue weighted by Gasteiger charge is -2.02. The largest absolute Gasteiger partial charge is 0.465 e. The average molecular weight is 318 g/mol. The first-order chi connectivity index (χ1) is 11.7. The number of methoxy groups -OCH3 is 1. The molecule has 0 saturated carbocycles. The van der Waals surface area contributed by atoms with Crippen LogP contribution in [0.2, 0.25) is 0 Å². The van der Waals surface area contributed by atoms with Crippen LogP contribution >= 0.6 is 0 Å². The smallest absolute Gasteiger partial charge is 0.337 e. The van der Waals surface area contributed by atoms with Crippen LogP contribution in [0.3, 0.4) is 0 Å². The number of ether oxygens (including phenoxy) is 1. The number of benzene rings is 2. The molecule has 0 spiro atoms. The van der Waals surface area contributed by atoms with Crippen LogP contribution in [0.25, 0.3) is 28.0 Å². The van der Waals surface area contributed by atoms with Crippen LogP contribution in [-0.4, -0.2) is 22.9 Å². The molecule has 0 aliphatic carbocycles. The van der Waals surface area contributed by atoms with Crippen molar-refractivity contribution in [2.45, 2.75) is 0 Å². The molecule has 5 heteroatoms. The Balaban J connectivity index is 1.65. The van der Waals surface area contributed by atoms with E-state index in [2.05, 4.69) is 5.10 Å². The molecule has 0 atom stereocenters. The van der Waals surface area contributed by atoms with E-state index in [9.17, 15) is 4.79 Å². The zero-order valence-electron chi connectivity index (χ0n) is 13.0. The molecule has 0 radical (unpaired) electrons. The van der Waals surface area contributed by atoms with Gasteiger partial charge >= 0.3 is 5.97 Å². The Hall–Kier alpha value is -3.34. The highest BCUT2D eigenvalue weighted by atomic mass is 16.5. The van der Waals surface area contributed by atoms with Crippen molar-refractivity contribution in [3.63, 3.8) is 0 Å². The molecule has 2 aromatic heterocycles. The summed E-state index contributed by atoms with van der Waals surface area (Å²) >= 11 is 0. The molecule has 5 nitrogen and oxygen atoms in total. The van der Waals surface area contributed by atoms with Crippen molar-refractivity contribution in [1.82, 2.24) is 9.78 Å². The first-order valence-corrected chi connectivity index (χ1v) is 7.47. The molecule has 0 bridgehead atoms. The van der Waals surface area contributed by atoms with Gasteiger partial charge in [-0.1, -0.05) is 18.2 Å². The summed E-state index contributed by atoms with van der Waals surface area (Å²) in [5.74, 6) is 0.415. The summed E-state index contributed by atoms with van der Waals surface area (Å²) in [5, 5.41) is 5.43. The number of furan rings is 1. The lowest BCUT2D eigenvalue weighted by atomic mass is 10.2. The van der Waals surface area contributed by atoms with Gasteiger partial charge in [-0.25, -0.2) is 9.48 Å². The number of rotatable bonds is 3. The van der Waals surface area contributed by atoms with Crippen LogP contribution in [0.1, 0.15) is 10.4 Å². The van der Waals surface area contributed by atoms with E-state index in [1.807, 2.05) is 48.7 Å². The van der Waals surface area contributed by atoms with Gasteiger partial charge in [-0.05, 0) is 36.4 Å². The molecule has 4 aromatic rings. The number of para-hydroxylation sites is 1. The molecule has 0 fully saturated rings. The Bertz CT molecular complexity index is 979. The minimum absolute atomic E-state index is 0.357. The van der Waals surface area contributed by atoms with E-state index >= 15 is 0 Å². The molecule has 0 saturated heterocycles. The number of hydrogen-bond donors (Lipinski definition) is 0. The first-order valence-electron chi connectivity index (χ1n) is 7.47. The second-order valence-corrected chi connectivity index (χ2v) is 5.36. The van der Waals surface area contributed by atoms with E-state index in [1.165, 1.54) is 7.11 Å². The predicted molar refractivity (Wildman–Crippen MR) is 90.1 cm³/mol. The second-order valence-electron chi connectivity index (χ2n) is 5.36. The van der Waals surface area contributed by atoms with Crippen LogP contribution in [-0.2, 0) is 4.74 Å². The number of aromatic nitrogens is 2. The quantitative estimate of drug-likeness (QED) is 0.534. The summed E-state index contributed by atoms with van der Waals surface area (Å²) in [6.45, 7) is 0. The first kappa shape index (κ1) is 14.3. The number of fused-ring (bicyclic) bond motifs is 1. The summed E-state index contributed by atoms with van der Waals surface area (Å²) < 4.78 is 12.3. The molecule has 2 heterocycles. The van der Waals surface area contributed by atoms with Gasteiger partial charge in [0.05, 0.1) is 30.1 Å². The van der Waals surface area contributed by atoms with Crippen LogP contribution in [0.4, 0.5) is 0 Å². The zero-order chi connectivity index (χ0) is 16.5. The maximum atomic E-state index is 11.5. The van der Waals surface area contributed by atoms with Crippen molar-refractivity contribution >= 4 is 16.9 Å². The lowest BCUT2D eigenvalue weighted by molar-refractivity contribution is 0.0600. The van der Waals surface area contributed by atoms with Crippen molar-refractivity contribution in [3.8, 4) is 17.0 Å². The fourth-order valence-corrected chi connectivity index (χ4v) is 2.58. The molecular formula is C19H14N2O3. The van der Waals surface area contributed by atoms with E-state index in [0.717, 1.165) is 28.0 Å². The van der Waals surface area contributed by atoms with Gasteiger partial charge in [0.1, 0.15) is 11.3 Å². The highest BCUT2D eigenvalue weighted by molar-refractivity contribution is 5.89. The Morgan fingerprint density at radius 1 is 1.12 bits per heavy atom. The molecule has 0 N–H and O–H groups in total. The van der Waals surface area contributed by atoms with Gasteiger partial charge < -0.3 is 9.15 Å². The van der Waals surface area contributed by atoms with Crippen LogP contribution in [0.5, 0.6) is 0 Å². The summed E-state index contributed by atoms with van der Waals surface area (Å²) in [6.07, 6.45) is 3.65. The van der Waals surface area contributed by atoms with Gasteiger partial charge in [0.15, 0.2) is 0 Å². The summed E-state index contributed by atoms with van der Waals surface area (Å²) in [7, 11) is 1.36. The topological polar surface area (TPSA) is 57.3 Å². The Kier molecular flexibility index (Phi) is 3.39. The van der Waals surface area contributed by atoms with Gasteiger partial charge in [-0.2, -0.15) is 5.10 Å². The van der Waals surface area contributed by atoms with E-state index < -0.39 is 0 Å².